The topological polar surface area (TPSA) is 20.3 Å². The molecule has 0 atom stereocenters. The van der Waals surface area contributed by atoms with Crippen molar-refractivity contribution in [3.63, 3.8) is 0 Å². The number of thiophene rings is 2. The number of hydrogen-bond donors (Lipinski definition) is 0. The lowest BCUT2D eigenvalue weighted by Gasteiger charge is -2.16. The fraction of sp³-hybridized carbons (Fsp3) is 0.133. The zero-order valence-electron chi connectivity index (χ0n) is 10.8. The van der Waals surface area contributed by atoms with Gasteiger partial charge >= 0.3 is 0 Å². The van der Waals surface area contributed by atoms with Gasteiger partial charge in [0.15, 0.2) is 0 Å². The summed E-state index contributed by atoms with van der Waals surface area (Å²) in [5.74, 6) is 0.0846. The van der Waals surface area contributed by atoms with E-state index in [1.165, 1.54) is 9.40 Å². The molecule has 0 fully saturated rings. The molecule has 0 aliphatic rings. The second-order valence-corrected chi connectivity index (χ2v) is 7.49. The smallest absolute Gasteiger partial charge is 0.264 e. The highest BCUT2D eigenvalue weighted by atomic mass is 79.9. The monoisotopic (exact) mass is 365 g/mol. The molecule has 0 saturated heterocycles. The summed E-state index contributed by atoms with van der Waals surface area (Å²) in [6.07, 6.45) is 0. The Bertz CT molecular complexity index is 716. The van der Waals surface area contributed by atoms with Crippen LogP contribution in [0.3, 0.4) is 0 Å². The first-order chi connectivity index (χ1) is 9.63. The van der Waals surface area contributed by atoms with Crippen molar-refractivity contribution in [3.05, 3.63) is 56.7 Å². The van der Waals surface area contributed by atoms with Gasteiger partial charge in [-0.25, -0.2) is 0 Å². The average molecular weight is 366 g/mol. The van der Waals surface area contributed by atoms with Gasteiger partial charge in [0.1, 0.15) is 0 Å². The van der Waals surface area contributed by atoms with Crippen LogP contribution in [0.25, 0.3) is 9.40 Å². The van der Waals surface area contributed by atoms with Crippen LogP contribution in [0.2, 0.25) is 0 Å². The van der Waals surface area contributed by atoms with Crippen LogP contribution in [0.1, 0.15) is 15.2 Å². The van der Waals surface area contributed by atoms with Crippen LogP contribution in [0.15, 0.2) is 46.3 Å². The third-order valence-corrected chi connectivity index (χ3v) is 5.64. The Morgan fingerprint density at radius 3 is 2.65 bits per heavy atom. The van der Waals surface area contributed by atoms with Crippen molar-refractivity contribution >= 4 is 53.9 Å². The van der Waals surface area contributed by atoms with Crippen LogP contribution in [-0.4, -0.2) is 17.9 Å². The standard InChI is InChI=1S/C15H12BrNOS2/c1-17(9-10-2-4-11(16)5-3-10)15(18)14-8-13-12(20-14)6-7-19-13/h2-8H,9H2,1H3. The number of amides is 1. The Morgan fingerprint density at radius 1 is 1.20 bits per heavy atom. The minimum absolute atomic E-state index is 0.0846. The minimum Gasteiger partial charge on any atom is -0.337 e. The van der Waals surface area contributed by atoms with Crippen molar-refractivity contribution in [2.45, 2.75) is 6.54 Å². The second-order valence-electron chi connectivity index (χ2n) is 4.55. The van der Waals surface area contributed by atoms with E-state index in [1.54, 1.807) is 27.6 Å². The molecule has 0 aliphatic heterocycles. The summed E-state index contributed by atoms with van der Waals surface area (Å²) in [7, 11) is 1.85. The van der Waals surface area contributed by atoms with E-state index in [0.717, 1.165) is 14.9 Å². The van der Waals surface area contributed by atoms with Crippen molar-refractivity contribution in [2.24, 2.45) is 0 Å². The first-order valence-corrected chi connectivity index (χ1v) is 8.59. The lowest BCUT2D eigenvalue weighted by atomic mass is 10.2. The Labute approximate surface area is 133 Å². The fourth-order valence-corrected chi connectivity index (χ4v) is 4.36. The van der Waals surface area contributed by atoms with Gasteiger partial charge in [0, 0.05) is 27.5 Å². The molecule has 5 heteroatoms. The van der Waals surface area contributed by atoms with Crippen molar-refractivity contribution in [3.8, 4) is 0 Å². The number of carbonyl (C=O) groups excluding carboxylic acids is 1. The molecule has 2 nitrogen and oxygen atoms in total. The lowest BCUT2D eigenvalue weighted by molar-refractivity contribution is 0.0790. The summed E-state index contributed by atoms with van der Waals surface area (Å²) in [5.41, 5.74) is 1.13. The summed E-state index contributed by atoms with van der Waals surface area (Å²) >= 11 is 6.66. The molecule has 0 aliphatic carbocycles. The molecule has 2 heterocycles. The van der Waals surface area contributed by atoms with Crippen LogP contribution in [0.4, 0.5) is 0 Å². The molecule has 20 heavy (non-hydrogen) atoms. The van der Waals surface area contributed by atoms with Gasteiger partial charge in [-0.05, 0) is 35.2 Å². The Hall–Kier alpha value is -1.17. The molecule has 0 radical (unpaired) electrons. The number of fused-ring (bicyclic) bond motifs is 1. The van der Waals surface area contributed by atoms with Gasteiger partial charge in [-0.15, -0.1) is 22.7 Å². The number of hydrogen-bond acceptors (Lipinski definition) is 3. The highest BCUT2D eigenvalue weighted by Crippen LogP contribution is 2.30. The Morgan fingerprint density at radius 2 is 1.95 bits per heavy atom. The zero-order valence-corrected chi connectivity index (χ0v) is 14.0. The van der Waals surface area contributed by atoms with Crippen molar-refractivity contribution in [2.75, 3.05) is 7.05 Å². The average Bonchev–Trinajstić information content (AvgIpc) is 3.01. The maximum atomic E-state index is 12.4. The van der Waals surface area contributed by atoms with E-state index in [4.69, 9.17) is 0 Å². The molecule has 0 bridgehead atoms. The molecule has 1 aromatic carbocycles. The summed E-state index contributed by atoms with van der Waals surface area (Å²) < 4.78 is 3.43. The maximum absolute atomic E-state index is 12.4. The number of benzene rings is 1. The number of halogens is 1. The van der Waals surface area contributed by atoms with E-state index >= 15 is 0 Å². The van der Waals surface area contributed by atoms with E-state index in [-0.39, 0.29) is 5.91 Å². The van der Waals surface area contributed by atoms with Crippen LogP contribution in [0.5, 0.6) is 0 Å². The van der Waals surface area contributed by atoms with Gasteiger partial charge in [0.2, 0.25) is 0 Å². The molecule has 3 rings (SSSR count). The molecule has 0 N–H and O–H groups in total. The summed E-state index contributed by atoms with van der Waals surface area (Å²) in [6, 6.07) is 12.1. The zero-order chi connectivity index (χ0) is 14.1. The quantitative estimate of drug-likeness (QED) is 0.639. The van der Waals surface area contributed by atoms with Crippen LogP contribution < -0.4 is 0 Å². The Balaban J connectivity index is 1.76. The molecule has 2 aromatic heterocycles. The molecular formula is C15H12BrNOS2. The van der Waals surface area contributed by atoms with Gasteiger partial charge in [-0.1, -0.05) is 28.1 Å². The molecular weight excluding hydrogens is 354 g/mol. The van der Waals surface area contributed by atoms with Crippen molar-refractivity contribution < 1.29 is 4.79 Å². The van der Waals surface area contributed by atoms with Crippen LogP contribution in [0, 0.1) is 0 Å². The van der Waals surface area contributed by atoms with E-state index < -0.39 is 0 Å². The molecule has 0 unspecified atom stereocenters. The lowest BCUT2D eigenvalue weighted by Crippen LogP contribution is -2.25. The Kier molecular flexibility index (Phi) is 3.92. The highest BCUT2D eigenvalue weighted by molar-refractivity contribution is 9.10. The largest absolute Gasteiger partial charge is 0.337 e. The summed E-state index contributed by atoms with van der Waals surface area (Å²) in [4.78, 5) is 15.0. The number of rotatable bonds is 3. The minimum atomic E-state index is 0.0846. The maximum Gasteiger partial charge on any atom is 0.264 e. The first kappa shape index (κ1) is 13.8. The first-order valence-electron chi connectivity index (χ1n) is 6.10. The van der Waals surface area contributed by atoms with E-state index in [2.05, 4.69) is 27.4 Å². The predicted molar refractivity (Wildman–Crippen MR) is 89.6 cm³/mol. The SMILES string of the molecule is CN(Cc1ccc(Br)cc1)C(=O)c1cc2sccc2s1. The molecule has 102 valence electrons. The van der Waals surface area contributed by atoms with Crippen LogP contribution in [-0.2, 0) is 6.54 Å². The van der Waals surface area contributed by atoms with E-state index in [9.17, 15) is 4.79 Å². The van der Waals surface area contributed by atoms with Crippen LogP contribution >= 0.6 is 38.6 Å². The molecule has 0 saturated carbocycles. The number of carbonyl (C=O) groups is 1. The predicted octanol–water partition coefficient (Wildman–Crippen LogP) is 5.00. The normalized spacial score (nSPS) is 10.9. The van der Waals surface area contributed by atoms with Gasteiger partial charge < -0.3 is 4.90 Å². The van der Waals surface area contributed by atoms with Gasteiger partial charge in [-0.2, -0.15) is 0 Å². The molecule has 0 spiro atoms. The fourth-order valence-electron chi connectivity index (χ4n) is 1.99. The van der Waals surface area contributed by atoms with Crippen molar-refractivity contribution in [1.82, 2.24) is 4.90 Å². The second kappa shape index (κ2) is 5.68. The molecule has 1 amide bonds. The molecule has 3 aromatic rings. The highest BCUT2D eigenvalue weighted by Gasteiger charge is 2.15. The third kappa shape index (κ3) is 2.80. The van der Waals surface area contributed by atoms with E-state index in [1.807, 2.05) is 37.4 Å². The summed E-state index contributed by atoms with van der Waals surface area (Å²) in [6.45, 7) is 0.623. The van der Waals surface area contributed by atoms with Crippen molar-refractivity contribution in [1.29, 1.82) is 0 Å². The summed E-state index contributed by atoms with van der Waals surface area (Å²) in [5, 5.41) is 2.06. The number of nitrogens with zero attached hydrogens (tertiary/aromatic N) is 1. The van der Waals surface area contributed by atoms with E-state index in [0.29, 0.717) is 6.54 Å². The van der Waals surface area contributed by atoms with Gasteiger partial charge in [0.25, 0.3) is 5.91 Å². The third-order valence-electron chi connectivity index (χ3n) is 3.03. The van der Waals surface area contributed by atoms with Gasteiger partial charge in [-0.3, -0.25) is 4.79 Å². The van der Waals surface area contributed by atoms with Gasteiger partial charge in [0.05, 0.1) is 4.88 Å².